The van der Waals surface area contributed by atoms with E-state index in [0.29, 0.717) is 22.6 Å². The Morgan fingerprint density at radius 1 is 1.09 bits per heavy atom. The van der Waals surface area contributed by atoms with Gasteiger partial charge in [0.2, 0.25) is 5.43 Å². The first-order valence-electron chi connectivity index (χ1n) is 10.5. The van der Waals surface area contributed by atoms with Crippen LogP contribution in [0.5, 0.6) is 0 Å². The van der Waals surface area contributed by atoms with Crippen LogP contribution in [-0.4, -0.2) is 15.5 Å². The van der Waals surface area contributed by atoms with Crippen molar-refractivity contribution >= 4 is 55.7 Å². The predicted molar refractivity (Wildman–Crippen MR) is 137 cm³/mol. The third-order valence-corrected chi connectivity index (χ3v) is 6.86. The van der Waals surface area contributed by atoms with Gasteiger partial charge in [-0.1, -0.05) is 17.7 Å². The number of pyridine rings is 1. The fourth-order valence-electron chi connectivity index (χ4n) is 3.84. The van der Waals surface area contributed by atoms with Gasteiger partial charge in [-0.05, 0) is 74.0 Å². The number of aromatic nitrogens is 2. The molecule has 5 nitrogen and oxygen atoms in total. The second kappa shape index (κ2) is 8.46. The molecule has 7 heteroatoms. The fourth-order valence-corrected chi connectivity index (χ4v) is 5.08. The predicted octanol–water partition coefficient (Wildman–Crippen LogP) is 6.51. The molecule has 1 amide bonds. The zero-order valence-corrected chi connectivity index (χ0v) is 19.6. The largest absolute Gasteiger partial charge is 0.347 e. The Kier molecular flexibility index (Phi) is 5.48. The third kappa shape index (κ3) is 4.03. The Hall–Kier alpha value is -3.48. The van der Waals surface area contributed by atoms with Crippen molar-refractivity contribution in [3.8, 4) is 10.6 Å². The molecule has 164 valence electrons. The lowest BCUT2D eigenvalue weighted by atomic mass is 10.1. The lowest BCUT2D eigenvalue weighted by Gasteiger charge is -2.12. The number of halogens is 1. The molecular weight excluding hydrogens is 454 g/mol. The summed E-state index contributed by atoms with van der Waals surface area (Å²) in [5, 5.41) is 4.65. The van der Waals surface area contributed by atoms with Gasteiger partial charge in [-0.15, -0.1) is 11.3 Å². The van der Waals surface area contributed by atoms with Crippen molar-refractivity contribution in [2.24, 2.45) is 0 Å². The zero-order valence-electron chi connectivity index (χ0n) is 18.1. The molecule has 0 atom stereocenters. The van der Waals surface area contributed by atoms with Gasteiger partial charge in [-0.25, -0.2) is 4.98 Å². The highest BCUT2D eigenvalue weighted by molar-refractivity contribution is 7.21. The normalized spacial score (nSPS) is 11.2. The van der Waals surface area contributed by atoms with Crippen LogP contribution in [0.1, 0.15) is 22.8 Å². The Morgan fingerprint density at radius 3 is 2.64 bits per heavy atom. The van der Waals surface area contributed by atoms with Crippen molar-refractivity contribution in [3.05, 3.63) is 93.2 Å². The Morgan fingerprint density at radius 2 is 1.88 bits per heavy atom. The number of hydrogen-bond acceptors (Lipinski definition) is 4. The van der Waals surface area contributed by atoms with Gasteiger partial charge in [0.1, 0.15) is 10.6 Å². The molecule has 0 unspecified atom stereocenters. The minimum absolute atomic E-state index is 0.0808. The van der Waals surface area contributed by atoms with E-state index in [0.717, 1.165) is 26.3 Å². The molecule has 33 heavy (non-hydrogen) atoms. The zero-order chi connectivity index (χ0) is 23.1. The number of benzene rings is 3. The molecule has 0 bridgehead atoms. The second-order valence-corrected chi connectivity index (χ2v) is 9.31. The number of rotatable bonds is 4. The number of carbonyl (C=O) groups excluding carboxylic acids is 1. The number of nitrogens with one attached hydrogen (secondary N) is 1. The first-order chi connectivity index (χ1) is 15.9. The molecule has 0 saturated heterocycles. The molecule has 0 aliphatic carbocycles. The molecular formula is C26H20ClN3O2S. The standard InChI is InChI=1S/C26H20ClN3O2S/c1-3-30-14-20(24(31)19-13-17(27)7-11-22(19)30)25(32)28-18-8-5-16(6-9-18)26-29-21-10-4-15(2)12-23(21)33-26/h4-14H,3H2,1-2H3,(H,28,32). The molecule has 0 fully saturated rings. The van der Waals surface area contributed by atoms with E-state index in [1.807, 2.05) is 41.8 Å². The maximum atomic E-state index is 13.0. The van der Waals surface area contributed by atoms with Crippen molar-refractivity contribution in [3.63, 3.8) is 0 Å². The van der Waals surface area contributed by atoms with Gasteiger partial charge in [0.05, 0.1) is 15.7 Å². The smallest absolute Gasteiger partial charge is 0.261 e. The van der Waals surface area contributed by atoms with Gasteiger partial charge in [-0.2, -0.15) is 0 Å². The number of amides is 1. The minimum atomic E-state index is -0.452. The number of hydrogen-bond donors (Lipinski definition) is 1. The van der Waals surface area contributed by atoms with E-state index in [-0.39, 0.29) is 11.0 Å². The van der Waals surface area contributed by atoms with E-state index in [1.165, 1.54) is 5.56 Å². The van der Waals surface area contributed by atoms with Crippen LogP contribution in [0.25, 0.3) is 31.7 Å². The summed E-state index contributed by atoms with van der Waals surface area (Å²) in [5.41, 5.74) is 4.25. The summed E-state index contributed by atoms with van der Waals surface area (Å²) in [7, 11) is 0. The van der Waals surface area contributed by atoms with Crippen LogP contribution in [0.15, 0.2) is 71.7 Å². The summed E-state index contributed by atoms with van der Waals surface area (Å²) < 4.78 is 3.02. The third-order valence-electron chi connectivity index (χ3n) is 5.56. The molecule has 0 spiro atoms. The molecule has 0 radical (unpaired) electrons. The minimum Gasteiger partial charge on any atom is -0.347 e. The quantitative estimate of drug-likeness (QED) is 0.323. The highest BCUT2D eigenvalue weighted by Gasteiger charge is 2.16. The Balaban J connectivity index is 1.43. The maximum absolute atomic E-state index is 13.0. The average molecular weight is 474 g/mol. The lowest BCUT2D eigenvalue weighted by Crippen LogP contribution is -2.23. The summed E-state index contributed by atoms with van der Waals surface area (Å²) in [4.78, 5) is 30.7. The van der Waals surface area contributed by atoms with Crippen molar-refractivity contribution < 1.29 is 4.79 Å². The van der Waals surface area contributed by atoms with Crippen LogP contribution in [0.4, 0.5) is 5.69 Å². The van der Waals surface area contributed by atoms with E-state index >= 15 is 0 Å². The van der Waals surface area contributed by atoms with Crippen molar-refractivity contribution in [2.75, 3.05) is 5.32 Å². The molecule has 0 saturated carbocycles. The number of fused-ring (bicyclic) bond motifs is 2. The fraction of sp³-hybridized carbons (Fsp3) is 0.115. The molecule has 3 aromatic carbocycles. The summed E-state index contributed by atoms with van der Waals surface area (Å²) in [6.07, 6.45) is 1.60. The number of aryl methyl sites for hydroxylation is 2. The summed E-state index contributed by atoms with van der Waals surface area (Å²) >= 11 is 7.73. The van der Waals surface area contributed by atoms with Crippen molar-refractivity contribution in [1.29, 1.82) is 0 Å². The molecule has 5 rings (SSSR count). The lowest BCUT2D eigenvalue weighted by molar-refractivity contribution is 0.102. The second-order valence-electron chi connectivity index (χ2n) is 7.84. The molecule has 0 aliphatic rings. The monoisotopic (exact) mass is 473 g/mol. The maximum Gasteiger partial charge on any atom is 0.261 e. The van der Waals surface area contributed by atoms with Gasteiger partial charge < -0.3 is 9.88 Å². The van der Waals surface area contributed by atoms with Crippen LogP contribution in [-0.2, 0) is 6.54 Å². The number of anilines is 1. The van der Waals surface area contributed by atoms with E-state index in [4.69, 9.17) is 16.6 Å². The van der Waals surface area contributed by atoms with Crippen LogP contribution in [0.3, 0.4) is 0 Å². The van der Waals surface area contributed by atoms with Crippen LogP contribution in [0.2, 0.25) is 5.02 Å². The summed E-state index contributed by atoms with van der Waals surface area (Å²) in [5.74, 6) is -0.452. The van der Waals surface area contributed by atoms with Gasteiger partial charge >= 0.3 is 0 Å². The number of thiazole rings is 1. The molecule has 2 aromatic heterocycles. The molecule has 1 N–H and O–H groups in total. The Labute approximate surface area is 199 Å². The highest BCUT2D eigenvalue weighted by atomic mass is 35.5. The van der Waals surface area contributed by atoms with Crippen LogP contribution in [0, 0.1) is 6.92 Å². The van der Waals surface area contributed by atoms with Crippen LogP contribution < -0.4 is 10.7 Å². The first kappa shape index (κ1) is 21.4. The van der Waals surface area contributed by atoms with E-state index in [2.05, 4.69) is 24.4 Å². The number of carbonyl (C=O) groups is 1. The van der Waals surface area contributed by atoms with E-state index in [1.54, 1.807) is 35.7 Å². The summed E-state index contributed by atoms with van der Waals surface area (Å²) in [6.45, 7) is 4.65. The summed E-state index contributed by atoms with van der Waals surface area (Å²) in [6, 6.07) is 18.8. The van der Waals surface area contributed by atoms with Crippen LogP contribution >= 0.6 is 22.9 Å². The number of nitrogens with zero attached hydrogens (tertiary/aromatic N) is 2. The van der Waals surface area contributed by atoms with Crippen molar-refractivity contribution in [1.82, 2.24) is 9.55 Å². The molecule has 0 aliphatic heterocycles. The Bertz CT molecular complexity index is 1590. The van der Waals surface area contributed by atoms with Gasteiger partial charge in [-0.3, -0.25) is 9.59 Å². The molecule has 2 heterocycles. The van der Waals surface area contributed by atoms with E-state index in [9.17, 15) is 9.59 Å². The highest BCUT2D eigenvalue weighted by Crippen LogP contribution is 2.31. The topological polar surface area (TPSA) is 64.0 Å². The molecule has 5 aromatic rings. The van der Waals surface area contributed by atoms with Gasteiger partial charge in [0.15, 0.2) is 0 Å². The SMILES string of the molecule is CCn1cc(C(=O)Nc2ccc(-c3nc4ccc(C)cc4s3)cc2)c(=O)c2cc(Cl)ccc21. The van der Waals surface area contributed by atoms with Gasteiger partial charge in [0.25, 0.3) is 5.91 Å². The average Bonchev–Trinajstić information content (AvgIpc) is 3.23. The van der Waals surface area contributed by atoms with E-state index < -0.39 is 5.91 Å². The van der Waals surface area contributed by atoms with Gasteiger partial charge in [0, 0.05) is 34.4 Å². The first-order valence-corrected chi connectivity index (χ1v) is 11.7. The van der Waals surface area contributed by atoms with Crippen molar-refractivity contribution in [2.45, 2.75) is 20.4 Å².